The molecule has 1 aliphatic rings. The van der Waals surface area contributed by atoms with Crippen LogP contribution in [0.25, 0.3) is 6.08 Å². The number of carbonyl (C=O) groups excluding carboxylic acids is 1. The average Bonchev–Trinajstić information content (AvgIpc) is 2.32. The highest BCUT2D eigenvalue weighted by Crippen LogP contribution is 2.31. The second-order valence-electron chi connectivity index (χ2n) is 3.45. The first kappa shape index (κ1) is 12.3. The summed E-state index contributed by atoms with van der Waals surface area (Å²) in [5, 5.41) is 11.1. The summed E-state index contributed by atoms with van der Waals surface area (Å²) in [5.74, 6) is -0.0421. The number of rotatable bonds is 3. The molecule has 1 unspecified atom stereocenters. The molecule has 5 nitrogen and oxygen atoms in total. The monoisotopic (exact) mass is 299 g/mol. The fraction of sp³-hybridized carbons (Fsp3) is 0.182. The molecule has 1 aromatic carbocycles. The van der Waals surface area contributed by atoms with Gasteiger partial charge in [0.1, 0.15) is 11.4 Å². The van der Waals surface area contributed by atoms with Crippen LogP contribution in [0.3, 0.4) is 0 Å². The van der Waals surface area contributed by atoms with Crippen molar-refractivity contribution in [2.75, 3.05) is 13.9 Å². The summed E-state index contributed by atoms with van der Waals surface area (Å²) in [7, 11) is 1.50. The lowest BCUT2D eigenvalue weighted by Gasteiger charge is -2.23. The Morgan fingerprint density at radius 3 is 2.88 bits per heavy atom. The van der Waals surface area contributed by atoms with Gasteiger partial charge in [0.25, 0.3) is 0 Å². The van der Waals surface area contributed by atoms with Crippen LogP contribution in [0.15, 0.2) is 22.7 Å². The molecule has 0 radical (unpaired) electrons. The van der Waals surface area contributed by atoms with E-state index in [4.69, 9.17) is 9.47 Å². The predicted octanol–water partition coefficient (Wildman–Crippen LogP) is 0.999. The molecule has 1 aromatic rings. The van der Waals surface area contributed by atoms with Crippen LogP contribution in [-0.2, 0) is 9.53 Å². The molecule has 1 atom stereocenters. The molecule has 2 rings (SSSR count). The Morgan fingerprint density at radius 2 is 2.18 bits per heavy atom. The maximum Gasteiger partial charge on any atom is 0.342 e. The third kappa shape index (κ3) is 2.39. The van der Waals surface area contributed by atoms with Gasteiger partial charge in [-0.1, -0.05) is 0 Å². The molecule has 6 heteroatoms. The van der Waals surface area contributed by atoms with Gasteiger partial charge in [0.05, 0.1) is 4.47 Å². The van der Waals surface area contributed by atoms with Crippen molar-refractivity contribution in [1.82, 2.24) is 0 Å². The third-order valence-electron chi connectivity index (χ3n) is 2.32. The highest BCUT2D eigenvalue weighted by molar-refractivity contribution is 9.10. The Morgan fingerprint density at radius 1 is 1.41 bits per heavy atom. The van der Waals surface area contributed by atoms with Crippen LogP contribution in [0, 0.1) is 5.21 Å². The van der Waals surface area contributed by atoms with Crippen molar-refractivity contribution < 1.29 is 19.3 Å². The molecule has 0 spiro atoms. The van der Waals surface area contributed by atoms with E-state index in [0.29, 0.717) is 21.5 Å². The molecule has 1 heterocycles. The number of fused-ring (bicyclic) bond motifs is 1. The largest absolute Gasteiger partial charge is 0.621 e. The van der Waals surface area contributed by atoms with E-state index in [1.807, 2.05) is 0 Å². The summed E-state index contributed by atoms with van der Waals surface area (Å²) >= 11 is 3.33. The molecule has 0 saturated heterocycles. The van der Waals surface area contributed by atoms with E-state index >= 15 is 0 Å². The standard InChI is InChI=1S/C11H10BrNO4/c1-16-6-17-10-5-9-7(4-8(10)12)2-3-11(14)13(9)15/h2-5,13H,6H2,1H3. The lowest BCUT2D eigenvalue weighted by atomic mass is 10.1. The van der Waals surface area contributed by atoms with Gasteiger partial charge in [-0.3, -0.25) is 5.06 Å². The second kappa shape index (κ2) is 4.97. The first-order valence-electron chi connectivity index (χ1n) is 4.85. The van der Waals surface area contributed by atoms with Crippen molar-refractivity contribution in [2.45, 2.75) is 0 Å². The zero-order valence-corrected chi connectivity index (χ0v) is 10.6. The van der Waals surface area contributed by atoms with Gasteiger partial charge in [-0.25, -0.2) is 4.79 Å². The van der Waals surface area contributed by atoms with E-state index in [2.05, 4.69) is 15.9 Å². The fourth-order valence-corrected chi connectivity index (χ4v) is 1.99. The fourth-order valence-electron chi connectivity index (χ4n) is 1.51. The summed E-state index contributed by atoms with van der Waals surface area (Å²) in [5.41, 5.74) is 1.05. The number of nitrogens with one attached hydrogen (secondary N) is 1. The van der Waals surface area contributed by atoms with Crippen LogP contribution in [0.2, 0.25) is 0 Å². The SMILES string of the molecule is COCOc1cc2c(cc1Br)C=CC(=O)[NH+]2[O-]. The molecule has 0 aliphatic carbocycles. The maximum absolute atomic E-state index is 11.7. The van der Waals surface area contributed by atoms with E-state index < -0.39 is 11.0 Å². The van der Waals surface area contributed by atoms with Crippen molar-refractivity contribution in [3.8, 4) is 5.75 Å². The molecule has 1 amide bonds. The van der Waals surface area contributed by atoms with Crippen molar-refractivity contribution in [1.29, 1.82) is 0 Å². The van der Waals surface area contributed by atoms with Crippen molar-refractivity contribution in [3.05, 3.63) is 33.5 Å². The van der Waals surface area contributed by atoms with Gasteiger partial charge in [-0.2, -0.15) is 0 Å². The summed E-state index contributed by atoms with van der Waals surface area (Å²) in [6.45, 7) is 0.0787. The van der Waals surface area contributed by atoms with Crippen LogP contribution in [0.1, 0.15) is 5.56 Å². The Kier molecular flexibility index (Phi) is 3.58. The summed E-state index contributed by atoms with van der Waals surface area (Å²) in [6.07, 6.45) is 2.89. The van der Waals surface area contributed by atoms with Gasteiger partial charge >= 0.3 is 5.91 Å². The van der Waals surface area contributed by atoms with Crippen LogP contribution in [0.5, 0.6) is 5.75 Å². The molecular weight excluding hydrogens is 290 g/mol. The van der Waals surface area contributed by atoms with Crippen molar-refractivity contribution in [2.24, 2.45) is 0 Å². The van der Waals surface area contributed by atoms with Crippen LogP contribution in [0.4, 0.5) is 5.69 Å². The highest BCUT2D eigenvalue weighted by atomic mass is 79.9. The summed E-state index contributed by atoms with van der Waals surface area (Å²) in [6, 6.07) is 3.28. The Balaban J connectivity index is 2.40. The van der Waals surface area contributed by atoms with Crippen LogP contribution < -0.4 is 9.80 Å². The topological polar surface area (TPSA) is 63.0 Å². The average molecular weight is 300 g/mol. The minimum Gasteiger partial charge on any atom is -0.621 e. The zero-order valence-electron chi connectivity index (χ0n) is 9.03. The number of halogens is 1. The predicted molar refractivity (Wildman–Crippen MR) is 64.7 cm³/mol. The zero-order chi connectivity index (χ0) is 12.4. The molecule has 17 heavy (non-hydrogen) atoms. The quantitative estimate of drug-likeness (QED) is 0.668. The third-order valence-corrected chi connectivity index (χ3v) is 2.94. The van der Waals surface area contributed by atoms with Crippen molar-refractivity contribution in [3.63, 3.8) is 0 Å². The lowest BCUT2D eigenvalue weighted by Crippen LogP contribution is -3.05. The van der Waals surface area contributed by atoms with Gasteiger partial charge in [0, 0.05) is 24.8 Å². The smallest absolute Gasteiger partial charge is 0.342 e. The number of ether oxygens (including phenoxy) is 2. The van der Waals surface area contributed by atoms with Gasteiger partial charge in [0.15, 0.2) is 6.79 Å². The molecule has 0 bridgehead atoms. The Labute approximate surface area is 106 Å². The molecule has 0 fully saturated rings. The number of methoxy groups -OCH3 is 1. The number of carbonyl (C=O) groups is 1. The highest BCUT2D eigenvalue weighted by Gasteiger charge is 2.21. The first-order valence-corrected chi connectivity index (χ1v) is 5.65. The summed E-state index contributed by atoms with van der Waals surface area (Å²) in [4.78, 5) is 11.3. The second-order valence-corrected chi connectivity index (χ2v) is 4.30. The molecule has 1 N–H and O–H groups in total. The number of hydroxylamine groups is 1. The number of benzene rings is 1. The van der Waals surface area contributed by atoms with Gasteiger partial charge < -0.3 is 14.7 Å². The van der Waals surface area contributed by atoms with Gasteiger partial charge in [-0.05, 0) is 28.1 Å². The molecule has 0 saturated carbocycles. The van der Waals surface area contributed by atoms with Gasteiger partial charge in [-0.15, -0.1) is 0 Å². The normalized spacial score (nSPS) is 18.1. The van der Waals surface area contributed by atoms with E-state index in [9.17, 15) is 10.0 Å². The molecular formula is C11H10BrNO4. The van der Waals surface area contributed by atoms with E-state index in [1.54, 1.807) is 18.2 Å². The Bertz CT molecular complexity index is 487. The Hall–Kier alpha value is -1.21. The van der Waals surface area contributed by atoms with E-state index in [1.165, 1.54) is 13.2 Å². The number of quaternary nitrogens is 1. The minimum absolute atomic E-state index is 0.0787. The molecule has 90 valence electrons. The van der Waals surface area contributed by atoms with E-state index in [-0.39, 0.29) is 6.79 Å². The molecule has 1 aliphatic heterocycles. The summed E-state index contributed by atoms with van der Waals surface area (Å²) < 4.78 is 10.8. The number of amides is 1. The maximum atomic E-state index is 11.7. The van der Waals surface area contributed by atoms with Crippen LogP contribution in [-0.4, -0.2) is 19.8 Å². The van der Waals surface area contributed by atoms with Gasteiger partial charge in [0.2, 0.25) is 0 Å². The van der Waals surface area contributed by atoms with Crippen molar-refractivity contribution >= 4 is 33.6 Å². The van der Waals surface area contributed by atoms with E-state index in [0.717, 1.165) is 0 Å². The lowest BCUT2D eigenvalue weighted by molar-refractivity contribution is -0.686. The first-order chi connectivity index (χ1) is 8.13. The molecule has 0 aromatic heterocycles. The number of hydrogen-bond acceptors (Lipinski definition) is 4. The number of hydrogen-bond donors (Lipinski definition) is 1. The van der Waals surface area contributed by atoms with Crippen LogP contribution >= 0.6 is 15.9 Å². The minimum atomic E-state index is -0.516.